The second-order valence-corrected chi connectivity index (χ2v) is 4.94. The van der Waals surface area contributed by atoms with E-state index in [1.165, 1.54) is 0 Å². The molecule has 1 rings (SSSR count). The Kier molecular flexibility index (Phi) is 3.60. The Morgan fingerprint density at radius 3 is 2.38 bits per heavy atom. The molecule has 0 aromatic heterocycles. The van der Waals surface area contributed by atoms with Crippen molar-refractivity contribution in [2.24, 2.45) is 11.8 Å². The summed E-state index contributed by atoms with van der Waals surface area (Å²) >= 11 is 5.85. The highest BCUT2D eigenvalue weighted by Gasteiger charge is 2.32. The van der Waals surface area contributed by atoms with Gasteiger partial charge in [-0.25, -0.2) is 0 Å². The molecule has 0 radical (unpaired) electrons. The minimum atomic E-state index is 0.00134. The number of nitrogens with one attached hydrogen (secondary N) is 1. The molecule has 1 fully saturated rings. The maximum atomic E-state index is 11.5. The summed E-state index contributed by atoms with van der Waals surface area (Å²) in [5.74, 6) is 1.14. The molecule has 2 unspecified atom stereocenters. The number of amides is 1. The molecule has 0 aromatic carbocycles. The van der Waals surface area contributed by atoms with Crippen LogP contribution in [0, 0.1) is 11.8 Å². The van der Waals surface area contributed by atoms with Gasteiger partial charge in [-0.1, -0.05) is 6.92 Å². The Morgan fingerprint density at radius 1 is 1.46 bits per heavy atom. The quantitative estimate of drug-likeness (QED) is 0.700. The molecule has 0 spiro atoms. The number of rotatable bonds is 3. The van der Waals surface area contributed by atoms with Crippen LogP contribution in [0.5, 0.6) is 0 Å². The Morgan fingerprint density at radius 2 is 2.00 bits per heavy atom. The van der Waals surface area contributed by atoms with E-state index in [4.69, 9.17) is 11.6 Å². The average molecular weight is 204 g/mol. The highest BCUT2D eigenvalue weighted by atomic mass is 35.5. The highest BCUT2D eigenvalue weighted by molar-refractivity contribution is 6.20. The third-order valence-corrected chi connectivity index (χ3v) is 3.18. The van der Waals surface area contributed by atoms with Crippen LogP contribution in [-0.2, 0) is 4.79 Å². The summed E-state index contributed by atoms with van der Waals surface area (Å²) in [6, 6.07) is 0.0741. The van der Waals surface area contributed by atoms with Gasteiger partial charge in [-0.2, -0.15) is 0 Å². The molecule has 0 heterocycles. The fraction of sp³-hybridized carbons (Fsp3) is 0.900. The minimum Gasteiger partial charge on any atom is -0.352 e. The number of halogens is 1. The van der Waals surface area contributed by atoms with Gasteiger partial charge >= 0.3 is 0 Å². The first-order chi connectivity index (χ1) is 6.00. The molecule has 1 aliphatic carbocycles. The van der Waals surface area contributed by atoms with Crippen molar-refractivity contribution >= 4 is 17.5 Å². The third kappa shape index (κ3) is 2.87. The maximum Gasteiger partial charge on any atom is 0.223 e. The topological polar surface area (TPSA) is 29.1 Å². The molecule has 2 nitrogen and oxygen atoms in total. The summed E-state index contributed by atoms with van der Waals surface area (Å²) in [5.41, 5.74) is 0. The molecule has 1 amide bonds. The van der Waals surface area contributed by atoms with E-state index in [0.29, 0.717) is 0 Å². The van der Waals surface area contributed by atoms with Gasteiger partial charge in [0.2, 0.25) is 5.91 Å². The van der Waals surface area contributed by atoms with Crippen molar-refractivity contribution in [3.8, 4) is 0 Å². The van der Waals surface area contributed by atoms with E-state index < -0.39 is 0 Å². The summed E-state index contributed by atoms with van der Waals surface area (Å²) in [5, 5.41) is 2.93. The molecule has 76 valence electrons. The molecule has 1 aliphatic rings. The van der Waals surface area contributed by atoms with E-state index in [0.717, 1.165) is 18.8 Å². The molecule has 1 saturated carbocycles. The lowest BCUT2D eigenvalue weighted by atomic mass is 9.75. The molecule has 0 aromatic rings. The minimum absolute atomic E-state index is 0.00134. The zero-order valence-corrected chi connectivity index (χ0v) is 9.27. The first-order valence-corrected chi connectivity index (χ1v) is 5.38. The van der Waals surface area contributed by atoms with Crippen molar-refractivity contribution in [1.82, 2.24) is 5.32 Å². The molecule has 0 saturated heterocycles. The number of alkyl halides is 1. The summed E-state index contributed by atoms with van der Waals surface area (Å²) in [6.45, 7) is 6.02. The number of hydrogen-bond acceptors (Lipinski definition) is 1. The largest absolute Gasteiger partial charge is 0.352 e. The van der Waals surface area contributed by atoms with Gasteiger partial charge in [0.1, 0.15) is 0 Å². The van der Waals surface area contributed by atoms with Crippen LogP contribution in [0.15, 0.2) is 0 Å². The van der Waals surface area contributed by atoms with Crippen molar-refractivity contribution < 1.29 is 4.79 Å². The number of hydrogen-bond donors (Lipinski definition) is 1. The van der Waals surface area contributed by atoms with Crippen LogP contribution in [0.25, 0.3) is 0 Å². The average Bonchev–Trinajstić information content (AvgIpc) is 1.98. The van der Waals surface area contributed by atoms with Crippen molar-refractivity contribution in [1.29, 1.82) is 0 Å². The molecule has 0 bridgehead atoms. The van der Waals surface area contributed by atoms with Gasteiger partial charge in [0.15, 0.2) is 0 Å². The lowest BCUT2D eigenvalue weighted by molar-refractivity contribution is -0.129. The first-order valence-electron chi connectivity index (χ1n) is 4.95. The van der Waals surface area contributed by atoms with Crippen LogP contribution >= 0.6 is 11.6 Å². The van der Waals surface area contributed by atoms with Crippen molar-refractivity contribution in [2.75, 3.05) is 0 Å². The number of carbonyl (C=O) groups is 1. The fourth-order valence-electron chi connectivity index (χ4n) is 1.57. The maximum absolute atomic E-state index is 11.5. The van der Waals surface area contributed by atoms with Crippen LogP contribution in [-0.4, -0.2) is 17.3 Å². The van der Waals surface area contributed by atoms with Gasteiger partial charge in [0.25, 0.3) is 0 Å². The summed E-state index contributed by atoms with van der Waals surface area (Å²) < 4.78 is 0. The fourth-order valence-corrected chi connectivity index (χ4v) is 1.64. The van der Waals surface area contributed by atoms with Gasteiger partial charge in [0, 0.05) is 12.0 Å². The predicted octanol–water partition coefficient (Wildman–Crippen LogP) is 2.16. The molecule has 3 heteroatoms. The van der Waals surface area contributed by atoms with Crippen molar-refractivity contribution in [3.63, 3.8) is 0 Å². The highest BCUT2D eigenvalue weighted by Crippen LogP contribution is 2.33. The Bertz CT molecular complexity index is 187. The zero-order chi connectivity index (χ0) is 10.0. The van der Waals surface area contributed by atoms with E-state index in [1.807, 2.05) is 13.8 Å². The van der Waals surface area contributed by atoms with E-state index in [1.54, 1.807) is 0 Å². The molecular weight excluding hydrogens is 186 g/mol. The Hall–Kier alpha value is -0.240. The van der Waals surface area contributed by atoms with Gasteiger partial charge in [0.05, 0.1) is 5.38 Å². The van der Waals surface area contributed by atoms with Crippen LogP contribution < -0.4 is 5.32 Å². The Labute approximate surface area is 85.0 Å². The van der Waals surface area contributed by atoms with Gasteiger partial charge in [-0.3, -0.25) is 4.79 Å². The van der Waals surface area contributed by atoms with Crippen LogP contribution in [0.4, 0.5) is 0 Å². The van der Waals surface area contributed by atoms with E-state index in [2.05, 4.69) is 12.2 Å². The standard InChI is InChI=1S/C10H18ClNO/c1-6-4-9(5-6)10(13)12-8(3)7(2)11/h6-9H,4-5H2,1-3H3,(H,12,13). The second-order valence-electron chi connectivity index (χ2n) is 4.25. The van der Waals surface area contributed by atoms with Gasteiger partial charge in [-0.15, -0.1) is 11.6 Å². The number of carbonyl (C=O) groups excluding carboxylic acids is 1. The monoisotopic (exact) mass is 203 g/mol. The molecule has 2 atom stereocenters. The smallest absolute Gasteiger partial charge is 0.223 e. The molecule has 0 aliphatic heterocycles. The predicted molar refractivity (Wildman–Crippen MR) is 54.8 cm³/mol. The van der Waals surface area contributed by atoms with Crippen molar-refractivity contribution in [3.05, 3.63) is 0 Å². The van der Waals surface area contributed by atoms with Crippen molar-refractivity contribution in [2.45, 2.75) is 45.0 Å². The molecule has 13 heavy (non-hydrogen) atoms. The van der Waals surface area contributed by atoms with Crippen LogP contribution in [0.2, 0.25) is 0 Å². The second kappa shape index (κ2) is 4.32. The normalized spacial score (nSPS) is 31.7. The van der Waals surface area contributed by atoms with Crippen LogP contribution in [0.3, 0.4) is 0 Å². The van der Waals surface area contributed by atoms with Gasteiger partial charge < -0.3 is 5.32 Å². The first kappa shape index (κ1) is 10.8. The van der Waals surface area contributed by atoms with E-state index in [9.17, 15) is 4.79 Å². The van der Waals surface area contributed by atoms with E-state index >= 15 is 0 Å². The molecule has 1 N–H and O–H groups in total. The van der Waals surface area contributed by atoms with Gasteiger partial charge in [-0.05, 0) is 32.6 Å². The zero-order valence-electron chi connectivity index (χ0n) is 8.51. The summed E-state index contributed by atoms with van der Waals surface area (Å²) in [6.07, 6.45) is 2.07. The third-order valence-electron chi connectivity index (χ3n) is 2.80. The summed E-state index contributed by atoms with van der Waals surface area (Å²) in [7, 11) is 0. The lowest BCUT2D eigenvalue weighted by Crippen LogP contribution is -2.44. The lowest BCUT2D eigenvalue weighted by Gasteiger charge is -2.32. The van der Waals surface area contributed by atoms with Crippen LogP contribution in [0.1, 0.15) is 33.6 Å². The molecular formula is C10H18ClNO. The SMILES string of the molecule is CC1CC(C(=O)NC(C)C(C)Cl)C1. The van der Waals surface area contributed by atoms with E-state index in [-0.39, 0.29) is 23.2 Å². The summed E-state index contributed by atoms with van der Waals surface area (Å²) in [4.78, 5) is 11.5. The Balaban J connectivity index is 2.25.